The molecule has 0 saturated carbocycles. The molecule has 0 fully saturated rings. The van der Waals surface area contributed by atoms with Gasteiger partial charge in [-0.3, -0.25) is 0 Å². The molecule has 4 heteroatoms. The first-order valence-corrected chi connectivity index (χ1v) is 21.5. The van der Waals surface area contributed by atoms with Gasteiger partial charge in [-0.05, 0) is 136 Å². The zero-order chi connectivity index (χ0) is 40.7. The Balaban J connectivity index is 1.10. The van der Waals surface area contributed by atoms with Crippen LogP contribution in [0.2, 0.25) is 0 Å². The monoisotopic (exact) mass is 782 g/mol. The number of benzene rings is 6. The minimum absolute atomic E-state index is 0.184. The van der Waals surface area contributed by atoms with Crippen LogP contribution in [0.15, 0.2) is 236 Å². The molecule has 0 spiro atoms. The van der Waals surface area contributed by atoms with Crippen LogP contribution in [0.4, 0.5) is 39.8 Å². The molecule has 3 aliphatic carbocycles. The summed E-state index contributed by atoms with van der Waals surface area (Å²) in [5, 5.41) is 0. The summed E-state index contributed by atoms with van der Waals surface area (Å²) in [6.07, 6.45) is 21.1. The Bertz CT molecular complexity index is 2410. The molecule has 0 radical (unpaired) electrons. The van der Waals surface area contributed by atoms with E-state index in [9.17, 15) is 0 Å². The van der Waals surface area contributed by atoms with E-state index in [2.05, 4.69) is 252 Å². The molecule has 0 N–H and O–H groups in total. The van der Waals surface area contributed by atoms with E-state index in [4.69, 9.17) is 0 Å². The third-order valence-corrected chi connectivity index (χ3v) is 12.2. The van der Waals surface area contributed by atoms with E-state index in [1.807, 2.05) is 0 Å². The first kappa shape index (κ1) is 38.7. The van der Waals surface area contributed by atoms with Gasteiger partial charge in [-0.2, -0.15) is 0 Å². The van der Waals surface area contributed by atoms with Gasteiger partial charge >= 0.3 is 0 Å². The third-order valence-electron chi connectivity index (χ3n) is 12.2. The van der Waals surface area contributed by atoms with Crippen LogP contribution in [0.1, 0.15) is 46.0 Å². The van der Waals surface area contributed by atoms with Gasteiger partial charge in [0, 0.05) is 68.9 Å². The highest BCUT2D eigenvalue weighted by Gasteiger charge is 2.34. The molecule has 0 bridgehead atoms. The molecule has 0 aliphatic heterocycles. The van der Waals surface area contributed by atoms with Crippen molar-refractivity contribution in [2.24, 2.45) is 5.92 Å². The van der Waals surface area contributed by atoms with Crippen molar-refractivity contribution in [1.82, 2.24) is 0 Å². The molecule has 6 aromatic carbocycles. The van der Waals surface area contributed by atoms with Crippen molar-refractivity contribution in [3.8, 4) is 0 Å². The second-order valence-electron chi connectivity index (χ2n) is 16.4. The van der Waals surface area contributed by atoms with Crippen molar-refractivity contribution in [3.63, 3.8) is 0 Å². The summed E-state index contributed by atoms with van der Waals surface area (Å²) in [5.41, 5.74) is 12.2. The summed E-state index contributed by atoms with van der Waals surface area (Å²) in [6, 6.07) is 63.7. The molecule has 3 aliphatic rings. The van der Waals surface area contributed by atoms with Gasteiger partial charge in [0.05, 0.1) is 5.54 Å². The lowest BCUT2D eigenvalue weighted by Crippen LogP contribution is -2.42. The van der Waals surface area contributed by atoms with Crippen molar-refractivity contribution in [1.29, 1.82) is 0 Å². The summed E-state index contributed by atoms with van der Waals surface area (Å²) >= 11 is 0. The van der Waals surface area contributed by atoms with Crippen molar-refractivity contribution >= 4 is 39.8 Å². The maximum atomic E-state index is 2.68. The van der Waals surface area contributed by atoms with E-state index in [0.29, 0.717) is 6.04 Å². The van der Waals surface area contributed by atoms with Gasteiger partial charge in [0.25, 0.3) is 0 Å². The van der Waals surface area contributed by atoms with E-state index in [1.54, 1.807) is 0 Å². The zero-order valence-corrected chi connectivity index (χ0v) is 34.8. The Hall–Kier alpha value is -6.78. The molecule has 3 unspecified atom stereocenters. The molecular weight excluding hydrogens is 729 g/mol. The average Bonchev–Trinajstić information content (AvgIpc) is 3.30. The number of hydrogen-bond donors (Lipinski definition) is 0. The highest BCUT2D eigenvalue weighted by molar-refractivity contribution is 5.73. The van der Waals surface area contributed by atoms with Crippen LogP contribution in [0.3, 0.4) is 0 Å². The fourth-order valence-electron chi connectivity index (χ4n) is 9.36. The summed E-state index contributed by atoms with van der Waals surface area (Å²) < 4.78 is 0. The van der Waals surface area contributed by atoms with Crippen LogP contribution in [-0.4, -0.2) is 11.6 Å². The first-order chi connectivity index (χ1) is 29.6. The first-order valence-electron chi connectivity index (χ1n) is 21.5. The van der Waals surface area contributed by atoms with Crippen LogP contribution in [0.5, 0.6) is 0 Å². The predicted molar refractivity (Wildman–Crippen MR) is 255 cm³/mol. The van der Waals surface area contributed by atoms with E-state index in [0.717, 1.165) is 32.1 Å². The quantitative estimate of drug-likeness (QED) is 0.123. The highest BCUT2D eigenvalue weighted by atomic mass is 15.2. The van der Waals surface area contributed by atoms with E-state index >= 15 is 0 Å². The summed E-state index contributed by atoms with van der Waals surface area (Å²) in [6.45, 7) is 4.75. The summed E-state index contributed by atoms with van der Waals surface area (Å²) in [7, 11) is 0. The van der Waals surface area contributed by atoms with E-state index in [-0.39, 0.29) is 11.5 Å². The molecule has 4 nitrogen and oxygen atoms in total. The van der Waals surface area contributed by atoms with Crippen LogP contribution >= 0.6 is 0 Å². The molecule has 0 amide bonds. The number of anilines is 7. The number of hydrogen-bond acceptors (Lipinski definition) is 4. The summed E-state index contributed by atoms with van der Waals surface area (Å²) in [5.74, 6) is 0.286. The van der Waals surface area contributed by atoms with E-state index < -0.39 is 0 Å². The van der Waals surface area contributed by atoms with Crippen molar-refractivity contribution in [2.45, 2.75) is 57.5 Å². The highest BCUT2D eigenvalue weighted by Crippen LogP contribution is 2.44. The SMILES string of the molecule is CC1CC(N(c2ccccc2)c2ccccc2)=CC=C1N(c1ccc(N(c2ccccc2)C2(C)C=CC=CC2)cc1)C1CC=C(N(c2ccccc2)c2ccccc2)CC1. The van der Waals surface area contributed by atoms with Gasteiger partial charge in [0.15, 0.2) is 0 Å². The van der Waals surface area contributed by atoms with Gasteiger partial charge in [0.1, 0.15) is 0 Å². The maximum absolute atomic E-state index is 2.68. The number of para-hydroxylation sites is 5. The van der Waals surface area contributed by atoms with E-state index in [1.165, 1.54) is 56.9 Å². The number of allylic oxidation sites excluding steroid dienone is 7. The second-order valence-corrected chi connectivity index (χ2v) is 16.4. The lowest BCUT2D eigenvalue weighted by Gasteiger charge is -2.43. The van der Waals surface area contributed by atoms with Gasteiger partial charge in [0.2, 0.25) is 0 Å². The molecular formula is C56H54N4. The van der Waals surface area contributed by atoms with Crippen LogP contribution in [0.25, 0.3) is 0 Å². The number of nitrogens with zero attached hydrogens (tertiary/aromatic N) is 4. The normalized spacial score (nSPS) is 19.7. The van der Waals surface area contributed by atoms with Crippen LogP contribution in [0, 0.1) is 5.92 Å². The van der Waals surface area contributed by atoms with Crippen molar-refractivity contribution < 1.29 is 0 Å². The standard InChI is InChI=1S/C56H54N4/c1-44-43-54(58(47-25-13-5-14-26-47)48-27-15-6-16-28-48)39-40-55(44)59(50-33-31-49(32-34-50)57(45-21-9-3-10-22-45)46-23-11-4-12-24-46)51-35-37-53(38-36-51)60(52-29-17-7-18-30-52)56(2)41-19-8-20-42-56/h3-31,35-41,44,50H,32-34,42-43H2,1-2H3. The molecule has 9 rings (SSSR count). The lowest BCUT2D eigenvalue weighted by atomic mass is 9.89. The van der Waals surface area contributed by atoms with Crippen LogP contribution in [-0.2, 0) is 0 Å². The Morgan fingerprint density at radius 1 is 0.500 bits per heavy atom. The summed E-state index contributed by atoms with van der Waals surface area (Å²) in [4.78, 5) is 10.0. The minimum Gasteiger partial charge on any atom is -0.341 e. The van der Waals surface area contributed by atoms with Gasteiger partial charge in [-0.15, -0.1) is 0 Å². The molecule has 0 saturated heterocycles. The number of rotatable bonds is 12. The molecule has 298 valence electrons. The smallest absolute Gasteiger partial charge is 0.0642 e. The second kappa shape index (κ2) is 17.6. The Labute approximate surface area is 357 Å². The van der Waals surface area contributed by atoms with Crippen LogP contribution < -0.4 is 19.6 Å². The molecule has 0 aromatic heterocycles. The molecule has 0 heterocycles. The average molecular weight is 783 g/mol. The zero-order valence-electron chi connectivity index (χ0n) is 34.8. The molecule has 6 aromatic rings. The fourth-order valence-corrected chi connectivity index (χ4v) is 9.36. The Morgan fingerprint density at radius 2 is 0.967 bits per heavy atom. The third kappa shape index (κ3) is 8.11. The minimum atomic E-state index is -0.184. The van der Waals surface area contributed by atoms with Gasteiger partial charge < -0.3 is 19.6 Å². The Kier molecular flexibility index (Phi) is 11.4. The topological polar surface area (TPSA) is 13.0 Å². The van der Waals surface area contributed by atoms with Crippen molar-refractivity contribution in [2.75, 3.05) is 19.6 Å². The maximum Gasteiger partial charge on any atom is 0.0642 e. The largest absolute Gasteiger partial charge is 0.341 e. The van der Waals surface area contributed by atoms with Crippen molar-refractivity contribution in [3.05, 3.63) is 236 Å². The van der Waals surface area contributed by atoms with Gasteiger partial charge in [-0.25, -0.2) is 0 Å². The Morgan fingerprint density at radius 3 is 1.42 bits per heavy atom. The fraction of sp³-hybridized carbons (Fsp3) is 0.179. The van der Waals surface area contributed by atoms with Gasteiger partial charge in [-0.1, -0.05) is 128 Å². The molecule has 3 atom stereocenters. The lowest BCUT2D eigenvalue weighted by molar-refractivity contribution is 0.518. The predicted octanol–water partition coefficient (Wildman–Crippen LogP) is 14.8. The molecule has 60 heavy (non-hydrogen) atoms.